The van der Waals surface area contributed by atoms with Crippen LogP contribution >= 0.6 is 0 Å². The number of rotatable bonds is 6. The number of fused-ring (bicyclic) bond motifs is 1. The molecule has 7 heteroatoms. The molecule has 4 rings (SSSR count). The van der Waals surface area contributed by atoms with Crippen molar-refractivity contribution in [2.24, 2.45) is 0 Å². The number of aromatic nitrogens is 2. The molecule has 2 aliphatic rings. The zero-order chi connectivity index (χ0) is 18.6. The fraction of sp³-hybridized carbons (Fsp3) is 0.400. The van der Waals surface area contributed by atoms with Crippen molar-refractivity contribution in [2.45, 2.75) is 13.5 Å². The Morgan fingerprint density at radius 1 is 1.11 bits per heavy atom. The number of piperazine rings is 1. The Hall–Kier alpha value is -2.80. The van der Waals surface area contributed by atoms with E-state index in [-0.39, 0.29) is 0 Å². The van der Waals surface area contributed by atoms with Gasteiger partial charge in [-0.05, 0) is 24.6 Å². The number of anilines is 2. The number of ether oxygens (including phenoxy) is 2. The van der Waals surface area contributed by atoms with Crippen LogP contribution in [0.4, 0.5) is 11.6 Å². The highest BCUT2D eigenvalue weighted by molar-refractivity contribution is 5.50. The highest BCUT2D eigenvalue weighted by Crippen LogP contribution is 2.33. The van der Waals surface area contributed by atoms with E-state index in [2.05, 4.69) is 43.8 Å². The van der Waals surface area contributed by atoms with E-state index in [0.717, 1.165) is 61.7 Å². The van der Waals surface area contributed by atoms with Crippen molar-refractivity contribution in [1.29, 1.82) is 0 Å². The summed E-state index contributed by atoms with van der Waals surface area (Å²) in [5, 5.41) is 3.25. The first-order valence-corrected chi connectivity index (χ1v) is 9.27. The second-order valence-corrected chi connectivity index (χ2v) is 6.78. The number of benzene rings is 1. The van der Waals surface area contributed by atoms with Crippen molar-refractivity contribution < 1.29 is 9.47 Å². The topological polar surface area (TPSA) is 62.8 Å². The molecule has 1 aromatic carbocycles. The Morgan fingerprint density at radius 3 is 2.74 bits per heavy atom. The van der Waals surface area contributed by atoms with E-state index in [1.165, 1.54) is 5.56 Å². The van der Waals surface area contributed by atoms with E-state index in [9.17, 15) is 0 Å². The highest BCUT2D eigenvalue weighted by Gasteiger charge is 2.20. The minimum Gasteiger partial charge on any atom is -0.454 e. The SMILES string of the molecule is C=CCNc1cc(N2CCN(Cc3ccc4c(c3)OCO4)CC2)nc(C)n1. The molecule has 1 fully saturated rings. The van der Waals surface area contributed by atoms with Crippen LogP contribution in [0.1, 0.15) is 11.4 Å². The molecule has 0 radical (unpaired) electrons. The van der Waals surface area contributed by atoms with Crippen molar-refractivity contribution in [3.63, 3.8) is 0 Å². The van der Waals surface area contributed by atoms with Crippen LogP contribution in [0.5, 0.6) is 11.5 Å². The monoisotopic (exact) mass is 367 g/mol. The van der Waals surface area contributed by atoms with Gasteiger partial charge in [-0.15, -0.1) is 6.58 Å². The summed E-state index contributed by atoms with van der Waals surface area (Å²) in [6.07, 6.45) is 1.83. The van der Waals surface area contributed by atoms with Crippen molar-refractivity contribution in [1.82, 2.24) is 14.9 Å². The molecule has 7 nitrogen and oxygen atoms in total. The normalized spacial score (nSPS) is 16.4. The Kier molecular flexibility index (Phi) is 5.11. The molecule has 0 unspecified atom stereocenters. The summed E-state index contributed by atoms with van der Waals surface area (Å²) in [5.74, 6) is 4.30. The first-order chi connectivity index (χ1) is 13.2. The van der Waals surface area contributed by atoms with Crippen LogP contribution in [-0.4, -0.2) is 54.4 Å². The summed E-state index contributed by atoms with van der Waals surface area (Å²) < 4.78 is 10.9. The number of nitrogens with one attached hydrogen (secondary N) is 1. The van der Waals surface area contributed by atoms with Crippen molar-refractivity contribution in [2.75, 3.05) is 49.7 Å². The van der Waals surface area contributed by atoms with Crippen molar-refractivity contribution >= 4 is 11.6 Å². The molecular formula is C20H25N5O2. The maximum absolute atomic E-state index is 5.48. The standard InChI is InChI=1S/C20H25N5O2/c1-3-6-21-19-12-20(23-15(2)22-19)25-9-7-24(8-10-25)13-16-4-5-17-18(11-16)27-14-26-17/h3-5,11-12H,1,6-10,13-14H2,2H3,(H,21,22,23). The average molecular weight is 367 g/mol. The van der Waals surface area contributed by atoms with Gasteiger partial charge in [0.1, 0.15) is 17.5 Å². The molecule has 0 bridgehead atoms. The average Bonchev–Trinajstić information content (AvgIpc) is 3.14. The van der Waals surface area contributed by atoms with Crippen LogP contribution in [0, 0.1) is 6.92 Å². The minimum atomic E-state index is 0.319. The van der Waals surface area contributed by atoms with Crippen LogP contribution in [0.3, 0.4) is 0 Å². The number of nitrogens with zero attached hydrogens (tertiary/aromatic N) is 4. The van der Waals surface area contributed by atoms with Gasteiger partial charge in [0.25, 0.3) is 0 Å². The van der Waals surface area contributed by atoms with Gasteiger partial charge >= 0.3 is 0 Å². The van der Waals surface area contributed by atoms with E-state index < -0.39 is 0 Å². The molecule has 27 heavy (non-hydrogen) atoms. The number of hydrogen-bond donors (Lipinski definition) is 1. The smallest absolute Gasteiger partial charge is 0.231 e. The number of hydrogen-bond acceptors (Lipinski definition) is 7. The molecule has 1 aromatic heterocycles. The summed E-state index contributed by atoms with van der Waals surface area (Å²) in [5.41, 5.74) is 1.25. The summed E-state index contributed by atoms with van der Waals surface area (Å²) in [6.45, 7) is 11.5. The fourth-order valence-electron chi connectivity index (χ4n) is 3.41. The van der Waals surface area contributed by atoms with Gasteiger partial charge < -0.3 is 19.7 Å². The maximum atomic E-state index is 5.48. The van der Waals surface area contributed by atoms with Crippen LogP contribution in [-0.2, 0) is 6.54 Å². The molecule has 1 saturated heterocycles. The Morgan fingerprint density at radius 2 is 1.93 bits per heavy atom. The Balaban J connectivity index is 1.36. The third-order valence-corrected chi connectivity index (χ3v) is 4.79. The first-order valence-electron chi connectivity index (χ1n) is 9.27. The van der Waals surface area contributed by atoms with Gasteiger partial charge in [-0.1, -0.05) is 12.1 Å². The van der Waals surface area contributed by atoms with Gasteiger partial charge in [-0.3, -0.25) is 4.90 Å². The maximum Gasteiger partial charge on any atom is 0.231 e. The summed E-state index contributed by atoms with van der Waals surface area (Å²) >= 11 is 0. The zero-order valence-corrected chi connectivity index (χ0v) is 15.6. The van der Waals surface area contributed by atoms with Gasteiger partial charge in [-0.25, -0.2) is 9.97 Å². The summed E-state index contributed by atoms with van der Waals surface area (Å²) in [6, 6.07) is 8.21. The molecule has 0 amide bonds. The van der Waals surface area contributed by atoms with E-state index in [1.807, 2.05) is 25.1 Å². The second kappa shape index (κ2) is 7.84. The largest absolute Gasteiger partial charge is 0.454 e. The molecule has 0 atom stereocenters. The lowest BCUT2D eigenvalue weighted by molar-refractivity contribution is 0.174. The van der Waals surface area contributed by atoms with E-state index in [0.29, 0.717) is 13.3 Å². The summed E-state index contributed by atoms with van der Waals surface area (Å²) in [4.78, 5) is 13.8. The molecule has 0 saturated carbocycles. The molecule has 1 N–H and O–H groups in total. The van der Waals surface area contributed by atoms with E-state index in [1.54, 1.807) is 0 Å². The molecule has 0 aliphatic carbocycles. The second-order valence-electron chi connectivity index (χ2n) is 6.78. The molecule has 2 aliphatic heterocycles. The Bertz CT molecular complexity index is 818. The summed E-state index contributed by atoms with van der Waals surface area (Å²) in [7, 11) is 0. The van der Waals surface area contributed by atoms with Gasteiger partial charge in [0, 0.05) is 45.3 Å². The zero-order valence-electron chi connectivity index (χ0n) is 15.6. The molecule has 0 spiro atoms. The van der Waals surface area contributed by atoms with Gasteiger partial charge in [0.15, 0.2) is 11.5 Å². The van der Waals surface area contributed by atoms with Gasteiger partial charge in [0.2, 0.25) is 6.79 Å². The van der Waals surface area contributed by atoms with Gasteiger partial charge in [-0.2, -0.15) is 0 Å². The molecule has 3 heterocycles. The predicted octanol–water partition coefficient (Wildman–Crippen LogP) is 2.43. The Labute approximate surface area is 159 Å². The third-order valence-electron chi connectivity index (χ3n) is 4.79. The quantitative estimate of drug-likeness (QED) is 0.787. The predicted molar refractivity (Wildman–Crippen MR) is 106 cm³/mol. The first kappa shape index (κ1) is 17.6. The van der Waals surface area contributed by atoms with Gasteiger partial charge in [0.05, 0.1) is 0 Å². The minimum absolute atomic E-state index is 0.319. The molecule has 142 valence electrons. The molecular weight excluding hydrogens is 342 g/mol. The third kappa shape index (κ3) is 4.14. The molecule has 2 aromatic rings. The van der Waals surface area contributed by atoms with E-state index in [4.69, 9.17) is 9.47 Å². The van der Waals surface area contributed by atoms with Crippen molar-refractivity contribution in [3.8, 4) is 11.5 Å². The highest BCUT2D eigenvalue weighted by atomic mass is 16.7. The fourth-order valence-corrected chi connectivity index (χ4v) is 3.41. The van der Waals surface area contributed by atoms with Crippen LogP contribution in [0.15, 0.2) is 36.9 Å². The lowest BCUT2D eigenvalue weighted by Crippen LogP contribution is -2.46. The lowest BCUT2D eigenvalue weighted by atomic mass is 10.1. The lowest BCUT2D eigenvalue weighted by Gasteiger charge is -2.35. The van der Waals surface area contributed by atoms with Crippen LogP contribution < -0.4 is 19.7 Å². The number of aryl methyl sites for hydroxylation is 1. The van der Waals surface area contributed by atoms with Crippen LogP contribution in [0.25, 0.3) is 0 Å². The van der Waals surface area contributed by atoms with E-state index >= 15 is 0 Å². The van der Waals surface area contributed by atoms with Crippen LogP contribution in [0.2, 0.25) is 0 Å². The van der Waals surface area contributed by atoms with Crippen molar-refractivity contribution in [3.05, 3.63) is 48.3 Å².